The van der Waals surface area contributed by atoms with Gasteiger partial charge in [0, 0.05) is 57.9 Å². The van der Waals surface area contributed by atoms with Crippen molar-refractivity contribution in [1.82, 2.24) is 14.8 Å². The van der Waals surface area contributed by atoms with Crippen LogP contribution in [-0.2, 0) is 20.1 Å². The lowest BCUT2D eigenvalue weighted by atomic mass is 9.97. The summed E-state index contributed by atoms with van der Waals surface area (Å²) < 4.78 is 2.14. The monoisotopic (exact) mass is 397 g/mol. The summed E-state index contributed by atoms with van der Waals surface area (Å²) in [6.07, 6.45) is 4.21. The third-order valence-corrected chi connectivity index (χ3v) is 5.73. The topological polar surface area (TPSA) is 56.0 Å². The number of aromatic nitrogens is 1. The van der Waals surface area contributed by atoms with Gasteiger partial charge in [0.2, 0.25) is 0 Å². The largest absolute Gasteiger partial charge is 0.396 e. The van der Waals surface area contributed by atoms with E-state index in [1.54, 1.807) is 0 Å². The average Bonchev–Trinajstić information content (AvgIpc) is 3.16. The van der Waals surface area contributed by atoms with E-state index in [1.165, 1.54) is 16.9 Å². The highest BCUT2D eigenvalue weighted by Crippen LogP contribution is 2.23. The number of aliphatic hydroxyl groups is 1. The van der Waals surface area contributed by atoms with Gasteiger partial charge < -0.3 is 24.8 Å². The number of piperidine rings is 1. The molecule has 29 heavy (non-hydrogen) atoms. The van der Waals surface area contributed by atoms with Crippen molar-refractivity contribution in [1.29, 1.82) is 0 Å². The Bertz CT molecular complexity index is 775. The third-order valence-electron chi connectivity index (χ3n) is 5.73. The maximum atomic E-state index is 9.31. The molecule has 0 saturated carbocycles. The second-order valence-electron chi connectivity index (χ2n) is 7.92. The van der Waals surface area contributed by atoms with Crippen LogP contribution in [0.1, 0.15) is 31.0 Å². The zero-order valence-corrected chi connectivity index (χ0v) is 18.0. The van der Waals surface area contributed by atoms with Gasteiger partial charge in [-0.25, -0.2) is 4.99 Å². The van der Waals surface area contributed by atoms with Crippen molar-refractivity contribution in [2.24, 2.45) is 18.0 Å². The van der Waals surface area contributed by atoms with Gasteiger partial charge in [-0.1, -0.05) is 12.1 Å². The summed E-state index contributed by atoms with van der Waals surface area (Å²) in [7, 11) is 4.15. The van der Waals surface area contributed by atoms with Gasteiger partial charge in [-0.05, 0) is 55.5 Å². The molecular weight excluding hydrogens is 362 g/mol. The van der Waals surface area contributed by atoms with E-state index in [1.807, 2.05) is 0 Å². The minimum atomic E-state index is 0.317. The smallest absolute Gasteiger partial charge is 0.194 e. The number of nitrogens with one attached hydrogen (secondary N) is 1. The van der Waals surface area contributed by atoms with Crippen molar-refractivity contribution in [3.8, 4) is 0 Å². The maximum Gasteiger partial charge on any atom is 0.194 e. The van der Waals surface area contributed by atoms with E-state index >= 15 is 0 Å². The number of guanidine groups is 1. The van der Waals surface area contributed by atoms with E-state index in [0.29, 0.717) is 19.1 Å². The zero-order valence-electron chi connectivity index (χ0n) is 18.0. The van der Waals surface area contributed by atoms with E-state index in [0.717, 1.165) is 45.0 Å². The summed E-state index contributed by atoms with van der Waals surface area (Å²) in [6.45, 7) is 6.79. The first-order valence-electron chi connectivity index (χ1n) is 10.6. The second-order valence-corrected chi connectivity index (χ2v) is 7.92. The Labute approximate surface area is 174 Å². The molecule has 2 aromatic rings. The average molecular weight is 398 g/mol. The minimum Gasteiger partial charge on any atom is -0.396 e. The number of hydrogen-bond donors (Lipinski definition) is 2. The molecule has 2 heterocycles. The summed E-state index contributed by atoms with van der Waals surface area (Å²) in [4.78, 5) is 9.42. The summed E-state index contributed by atoms with van der Waals surface area (Å²) >= 11 is 0. The molecule has 0 bridgehead atoms. The Morgan fingerprint density at radius 3 is 2.52 bits per heavy atom. The predicted molar refractivity (Wildman–Crippen MR) is 120 cm³/mol. The molecule has 2 N–H and O–H groups in total. The normalized spacial score (nSPS) is 15.6. The van der Waals surface area contributed by atoms with Crippen molar-refractivity contribution in [2.75, 3.05) is 38.2 Å². The molecule has 0 radical (unpaired) electrons. The molecule has 1 aromatic carbocycles. The Morgan fingerprint density at radius 2 is 1.93 bits per heavy atom. The SMILES string of the molecule is CCNC(=NCc1ccc(N2CCC(CO)CC2)cc1)N(C)Cc1cccn1C. The van der Waals surface area contributed by atoms with Crippen LogP contribution >= 0.6 is 0 Å². The first kappa shape index (κ1) is 21.2. The van der Waals surface area contributed by atoms with E-state index in [9.17, 15) is 5.11 Å². The van der Waals surface area contributed by atoms with E-state index in [-0.39, 0.29) is 0 Å². The van der Waals surface area contributed by atoms with Gasteiger partial charge in [-0.15, -0.1) is 0 Å². The molecule has 1 aromatic heterocycles. The highest BCUT2D eigenvalue weighted by Gasteiger charge is 2.18. The lowest BCUT2D eigenvalue weighted by Gasteiger charge is -2.32. The Balaban J connectivity index is 1.59. The Kier molecular flexibility index (Phi) is 7.58. The van der Waals surface area contributed by atoms with Crippen LogP contribution in [0, 0.1) is 5.92 Å². The number of aliphatic imine (C=N–C) groups is 1. The molecule has 1 aliphatic rings. The van der Waals surface area contributed by atoms with Crippen molar-refractivity contribution in [2.45, 2.75) is 32.9 Å². The Hall–Kier alpha value is -2.47. The van der Waals surface area contributed by atoms with Crippen LogP contribution in [0.15, 0.2) is 47.6 Å². The van der Waals surface area contributed by atoms with E-state index in [2.05, 4.69) is 83.3 Å². The van der Waals surface area contributed by atoms with Crippen molar-refractivity contribution in [3.63, 3.8) is 0 Å². The molecule has 1 aliphatic heterocycles. The molecule has 3 rings (SSSR count). The van der Waals surface area contributed by atoms with Crippen LogP contribution in [0.3, 0.4) is 0 Å². The zero-order chi connectivity index (χ0) is 20.6. The minimum absolute atomic E-state index is 0.317. The van der Waals surface area contributed by atoms with Crippen LogP contribution in [0.5, 0.6) is 0 Å². The van der Waals surface area contributed by atoms with Gasteiger partial charge in [-0.3, -0.25) is 0 Å². The van der Waals surface area contributed by atoms with E-state index in [4.69, 9.17) is 4.99 Å². The molecule has 0 spiro atoms. The third kappa shape index (κ3) is 5.76. The Morgan fingerprint density at radius 1 is 1.21 bits per heavy atom. The van der Waals surface area contributed by atoms with Crippen LogP contribution in [0.4, 0.5) is 5.69 Å². The number of nitrogens with zero attached hydrogens (tertiary/aromatic N) is 4. The fourth-order valence-electron chi connectivity index (χ4n) is 3.80. The first-order chi connectivity index (χ1) is 14.1. The van der Waals surface area contributed by atoms with Crippen LogP contribution in [-0.4, -0.2) is 53.8 Å². The summed E-state index contributed by atoms with van der Waals surface area (Å²) in [6, 6.07) is 13.0. The number of anilines is 1. The number of aryl methyl sites for hydroxylation is 1. The molecule has 1 fully saturated rings. The van der Waals surface area contributed by atoms with Crippen molar-refractivity contribution >= 4 is 11.6 Å². The summed E-state index contributed by atoms with van der Waals surface area (Å²) in [5.74, 6) is 1.39. The van der Waals surface area contributed by atoms with Crippen molar-refractivity contribution in [3.05, 3.63) is 53.9 Å². The summed E-state index contributed by atoms with van der Waals surface area (Å²) in [5, 5.41) is 12.7. The number of rotatable bonds is 7. The fraction of sp³-hybridized carbons (Fsp3) is 0.522. The molecular formula is C23H35N5O. The van der Waals surface area contributed by atoms with Crippen LogP contribution < -0.4 is 10.2 Å². The highest BCUT2D eigenvalue weighted by atomic mass is 16.3. The molecule has 0 atom stereocenters. The summed E-state index contributed by atoms with van der Waals surface area (Å²) in [5.41, 5.74) is 3.73. The van der Waals surface area contributed by atoms with Gasteiger partial charge in [0.1, 0.15) is 0 Å². The second kappa shape index (κ2) is 10.3. The highest BCUT2D eigenvalue weighted by molar-refractivity contribution is 5.79. The first-order valence-corrected chi connectivity index (χ1v) is 10.6. The molecule has 0 unspecified atom stereocenters. The van der Waals surface area contributed by atoms with Gasteiger partial charge >= 0.3 is 0 Å². The van der Waals surface area contributed by atoms with E-state index < -0.39 is 0 Å². The van der Waals surface area contributed by atoms with Gasteiger partial charge in [-0.2, -0.15) is 0 Å². The molecule has 1 saturated heterocycles. The molecule has 158 valence electrons. The molecule has 0 aliphatic carbocycles. The molecule has 0 amide bonds. The molecule has 6 heteroatoms. The molecule has 6 nitrogen and oxygen atoms in total. The van der Waals surface area contributed by atoms with Gasteiger partial charge in [0.05, 0.1) is 13.1 Å². The number of aliphatic hydroxyl groups excluding tert-OH is 1. The van der Waals surface area contributed by atoms with Crippen LogP contribution in [0.2, 0.25) is 0 Å². The van der Waals surface area contributed by atoms with Gasteiger partial charge in [0.25, 0.3) is 0 Å². The predicted octanol–water partition coefficient (Wildman–Crippen LogP) is 2.83. The fourth-order valence-corrected chi connectivity index (χ4v) is 3.80. The maximum absolute atomic E-state index is 9.31. The number of benzene rings is 1. The lowest BCUT2D eigenvalue weighted by Crippen LogP contribution is -2.38. The lowest BCUT2D eigenvalue weighted by molar-refractivity contribution is 0.203. The van der Waals surface area contributed by atoms with Crippen LogP contribution in [0.25, 0.3) is 0 Å². The van der Waals surface area contributed by atoms with Gasteiger partial charge in [0.15, 0.2) is 5.96 Å². The standard InChI is InChI=1S/C23H35N5O/c1-4-24-23(27(3)17-22-6-5-13-26(22)2)25-16-19-7-9-21(10-8-19)28-14-11-20(18-29)12-15-28/h5-10,13,20,29H,4,11-12,14-18H2,1-3H3,(H,24,25). The van der Waals surface area contributed by atoms with Crippen molar-refractivity contribution < 1.29 is 5.11 Å². The number of hydrogen-bond acceptors (Lipinski definition) is 3. The quantitative estimate of drug-likeness (QED) is 0.557.